The lowest BCUT2D eigenvalue weighted by Gasteiger charge is -2.03. The van der Waals surface area contributed by atoms with Crippen molar-refractivity contribution in [1.29, 1.82) is 0 Å². The SMILES string of the molecule is O=C(/C=C/c1ccccc1O)Oc1c([N+](=O)[O-])cccc1[N+](=O)[O-]. The van der Waals surface area contributed by atoms with Crippen molar-refractivity contribution in [1.82, 2.24) is 0 Å². The Labute approximate surface area is 134 Å². The minimum Gasteiger partial charge on any atom is -0.507 e. The average Bonchev–Trinajstić information content (AvgIpc) is 2.53. The Hall–Kier alpha value is -3.75. The van der Waals surface area contributed by atoms with Gasteiger partial charge >= 0.3 is 17.3 Å². The molecule has 0 atom stereocenters. The van der Waals surface area contributed by atoms with Crippen LogP contribution in [0.15, 0.2) is 48.5 Å². The number of benzene rings is 2. The van der Waals surface area contributed by atoms with Crippen molar-refractivity contribution >= 4 is 23.4 Å². The molecule has 0 aliphatic rings. The monoisotopic (exact) mass is 330 g/mol. The van der Waals surface area contributed by atoms with E-state index in [2.05, 4.69) is 0 Å². The molecule has 0 aliphatic heterocycles. The highest BCUT2D eigenvalue weighted by Gasteiger charge is 2.28. The number of nitrogens with zero attached hydrogens (tertiary/aromatic N) is 2. The fraction of sp³-hybridized carbons (Fsp3) is 0. The molecule has 0 heterocycles. The summed E-state index contributed by atoms with van der Waals surface area (Å²) in [6.45, 7) is 0. The van der Waals surface area contributed by atoms with Gasteiger partial charge in [0, 0.05) is 23.8 Å². The zero-order chi connectivity index (χ0) is 17.7. The third kappa shape index (κ3) is 3.71. The smallest absolute Gasteiger partial charge is 0.336 e. The molecule has 2 rings (SSSR count). The van der Waals surface area contributed by atoms with Crippen LogP contribution >= 0.6 is 0 Å². The average molecular weight is 330 g/mol. The lowest BCUT2D eigenvalue weighted by atomic mass is 10.2. The second-order valence-corrected chi connectivity index (χ2v) is 4.45. The Kier molecular flexibility index (Phi) is 4.85. The van der Waals surface area contributed by atoms with Gasteiger partial charge < -0.3 is 9.84 Å². The summed E-state index contributed by atoms with van der Waals surface area (Å²) in [5.74, 6) is -1.90. The highest BCUT2D eigenvalue weighted by molar-refractivity contribution is 5.90. The minimum atomic E-state index is -1.06. The van der Waals surface area contributed by atoms with Gasteiger partial charge in [-0.15, -0.1) is 0 Å². The summed E-state index contributed by atoms with van der Waals surface area (Å²) in [7, 11) is 0. The molecule has 122 valence electrons. The van der Waals surface area contributed by atoms with Gasteiger partial charge in [0.25, 0.3) is 5.75 Å². The number of aromatic hydroxyl groups is 1. The topological polar surface area (TPSA) is 133 Å². The summed E-state index contributed by atoms with van der Waals surface area (Å²) in [5.41, 5.74) is -1.09. The molecule has 0 fully saturated rings. The number of esters is 1. The number of nitro benzene ring substituents is 2. The van der Waals surface area contributed by atoms with E-state index in [0.29, 0.717) is 5.56 Å². The number of hydrogen-bond donors (Lipinski definition) is 1. The summed E-state index contributed by atoms with van der Waals surface area (Å²) in [6.07, 6.45) is 2.12. The third-order valence-electron chi connectivity index (χ3n) is 2.91. The van der Waals surface area contributed by atoms with Crippen LogP contribution in [0.2, 0.25) is 0 Å². The van der Waals surface area contributed by atoms with E-state index in [4.69, 9.17) is 4.74 Å². The number of phenols is 1. The Morgan fingerprint density at radius 1 is 1.00 bits per heavy atom. The van der Waals surface area contributed by atoms with Crippen LogP contribution in [0, 0.1) is 20.2 Å². The van der Waals surface area contributed by atoms with Gasteiger partial charge in [0.05, 0.1) is 9.85 Å². The van der Waals surface area contributed by atoms with E-state index >= 15 is 0 Å². The number of hydrogen-bond acceptors (Lipinski definition) is 7. The molecule has 0 aromatic heterocycles. The van der Waals surface area contributed by atoms with Gasteiger partial charge in [-0.2, -0.15) is 0 Å². The van der Waals surface area contributed by atoms with Crippen molar-refractivity contribution < 1.29 is 24.5 Å². The van der Waals surface area contributed by atoms with Crippen molar-refractivity contribution in [2.24, 2.45) is 0 Å². The minimum absolute atomic E-state index is 0.0850. The summed E-state index contributed by atoms with van der Waals surface area (Å²) < 4.78 is 4.77. The summed E-state index contributed by atoms with van der Waals surface area (Å²) in [6, 6.07) is 9.22. The van der Waals surface area contributed by atoms with Crippen molar-refractivity contribution in [3.63, 3.8) is 0 Å². The van der Waals surface area contributed by atoms with Crippen LogP contribution in [0.5, 0.6) is 11.5 Å². The first-order valence-corrected chi connectivity index (χ1v) is 6.50. The van der Waals surface area contributed by atoms with Gasteiger partial charge in [0.15, 0.2) is 0 Å². The molecule has 9 heteroatoms. The third-order valence-corrected chi connectivity index (χ3v) is 2.91. The maximum Gasteiger partial charge on any atom is 0.336 e. The fourth-order valence-electron chi connectivity index (χ4n) is 1.83. The predicted molar refractivity (Wildman–Crippen MR) is 82.5 cm³/mol. The summed E-state index contributed by atoms with van der Waals surface area (Å²) >= 11 is 0. The van der Waals surface area contributed by atoms with Crippen LogP contribution in [0.25, 0.3) is 6.08 Å². The number of carbonyl (C=O) groups excluding carboxylic acids is 1. The van der Waals surface area contributed by atoms with Gasteiger partial charge in [-0.3, -0.25) is 20.2 Å². The molecular weight excluding hydrogens is 320 g/mol. The van der Waals surface area contributed by atoms with Crippen LogP contribution in [0.3, 0.4) is 0 Å². The number of para-hydroxylation sites is 2. The van der Waals surface area contributed by atoms with Crippen LogP contribution in [0.4, 0.5) is 11.4 Å². The van der Waals surface area contributed by atoms with Crippen LogP contribution in [-0.2, 0) is 4.79 Å². The lowest BCUT2D eigenvalue weighted by Crippen LogP contribution is -2.08. The molecule has 0 aliphatic carbocycles. The van der Waals surface area contributed by atoms with Gasteiger partial charge in [-0.05, 0) is 18.2 Å². The molecule has 0 saturated carbocycles. The van der Waals surface area contributed by atoms with E-state index in [-0.39, 0.29) is 5.75 Å². The van der Waals surface area contributed by atoms with E-state index in [1.54, 1.807) is 12.1 Å². The van der Waals surface area contributed by atoms with E-state index in [1.165, 1.54) is 18.2 Å². The molecule has 0 bridgehead atoms. The molecule has 0 saturated heterocycles. The van der Waals surface area contributed by atoms with Gasteiger partial charge in [0.1, 0.15) is 5.75 Å². The second kappa shape index (κ2) is 7.01. The predicted octanol–water partition coefficient (Wildman–Crippen LogP) is 2.83. The molecule has 0 radical (unpaired) electrons. The molecule has 24 heavy (non-hydrogen) atoms. The molecule has 1 N–H and O–H groups in total. The zero-order valence-electron chi connectivity index (χ0n) is 12.0. The molecule has 2 aromatic carbocycles. The van der Waals surface area contributed by atoms with E-state index in [1.807, 2.05) is 0 Å². The first-order chi connectivity index (χ1) is 11.4. The van der Waals surface area contributed by atoms with Crippen LogP contribution in [-0.4, -0.2) is 20.9 Å². The fourth-order valence-corrected chi connectivity index (χ4v) is 1.83. The van der Waals surface area contributed by atoms with E-state index in [0.717, 1.165) is 24.3 Å². The number of rotatable bonds is 5. The molecule has 9 nitrogen and oxygen atoms in total. The molecule has 0 unspecified atom stereocenters. The van der Waals surface area contributed by atoms with Crippen molar-refractivity contribution in [2.75, 3.05) is 0 Å². The number of ether oxygens (including phenoxy) is 1. The highest BCUT2D eigenvalue weighted by atomic mass is 16.6. The summed E-state index contributed by atoms with van der Waals surface area (Å²) in [5, 5.41) is 31.5. The first-order valence-electron chi connectivity index (χ1n) is 6.50. The maximum atomic E-state index is 11.8. The van der Waals surface area contributed by atoms with Crippen molar-refractivity contribution in [2.45, 2.75) is 0 Å². The Morgan fingerprint density at radius 3 is 2.12 bits per heavy atom. The number of carbonyl (C=O) groups is 1. The first kappa shape index (κ1) is 16.6. The Morgan fingerprint density at radius 2 is 1.58 bits per heavy atom. The van der Waals surface area contributed by atoms with Crippen LogP contribution < -0.4 is 4.74 Å². The second-order valence-electron chi connectivity index (χ2n) is 4.45. The normalized spacial score (nSPS) is 10.5. The standard InChI is InChI=1S/C15H10N2O7/c18-13-7-2-1-4-10(13)8-9-14(19)24-15-11(16(20)21)5-3-6-12(15)17(22)23/h1-9,18H/b9-8+. The molecular formula is C15H10N2O7. The van der Waals surface area contributed by atoms with Crippen molar-refractivity contribution in [3.8, 4) is 11.5 Å². The number of nitro groups is 2. The van der Waals surface area contributed by atoms with Crippen LogP contribution in [0.1, 0.15) is 5.56 Å². The summed E-state index contributed by atoms with van der Waals surface area (Å²) in [4.78, 5) is 31.9. The molecule has 0 spiro atoms. The molecule has 2 aromatic rings. The van der Waals surface area contributed by atoms with Gasteiger partial charge in [-0.25, -0.2) is 4.79 Å². The van der Waals surface area contributed by atoms with Gasteiger partial charge in [0.2, 0.25) is 0 Å². The molecule has 0 amide bonds. The highest BCUT2D eigenvalue weighted by Crippen LogP contribution is 2.36. The van der Waals surface area contributed by atoms with Crippen molar-refractivity contribution in [3.05, 3.63) is 74.3 Å². The van der Waals surface area contributed by atoms with E-state index < -0.39 is 32.9 Å². The Bertz CT molecular complexity index is 813. The number of phenolic OH excluding ortho intramolecular Hbond substituents is 1. The maximum absolute atomic E-state index is 11.8. The zero-order valence-corrected chi connectivity index (χ0v) is 12.0. The largest absolute Gasteiger partial charge is 0.507 e. The van der Waals surface area contributed by atoms with Gasteiger partial charge in [-0.1, -0.05) is 18.2 Å². The quantitative estimate of drug-likeness (QED) is 0.293. The van der Waals surface area contributed by atoms with E-state index in [9.17, 15) is 30.1 Å². The lowest BCUT2D eigenvalue weighted by molar-refractivity contribution is -0.395. The Balaban J connectivity index is 2.30.